The molecule has 0 aromatic carbocycles. The van der Waals surface area contributed by atoms with Crippen LogP contribution in [0, 0.1) is 0 Å². The lowest BCUT2D eigenvalue weighted by atomic mass is 10.1. The summed E-state index contributed by atoms with van der Waals surface area (Å²) in [5.74, 6) is 1.17. The van der Waals surface area contributed by atoms with Gasteiger partial charge in [-0.1, -0.05) is 0 Å². The normalized spacial score (nSPS) is 19.3. The van der Waals surface area contributed by atoms with Gasteiger partial charge in [0, 0.05) is 12.6 Å². The summed E-state index contributed by atoms with van der Waals surface area (Å²) in [6, 6.07) is 0.639. The Morgan fingerprint density at radius 2 is 2.53 bits per heavy atom. The average molecular weight is 301 g/mol. The van der Waals surface area contributed by atoms with Gasteiger partial charge >= 0.3 is 0 Å². The molecule has 1 aromatic heterocycles. The third-order valence-electron chi connectivity index (χ3n) is 2.84. The Balaban J connectivity index is 1.81. The molecule has 94 valence electrons. The zero-order chi connectivity index (χ0) is 12.1. The van der Waals surface area contributed by atoms with Crippen molar-refractivity contribution in [3.05, 3.63) is 10.7 Å². The monoisotopic (exact) mass is 300 g/mol. The van der Waals surface area contributed by atoms with Gasteiger partial charge in [0.1, 0.15) is 0 Å². The Morgan fingerprint density at radius 1 is 1.65 bits per heavy atom. The van der Waals surface area contributed by atoms with Gasteiger partial charge in [0.05, 0.1) is 17.8 Å². The minimum Gasteiger partial charge on any atom is -0.480 e. The predicted octanol–water partition coefficient (Wildman–Crippen LogP) is 1.80. The molecule has 5 nitrogen and oxygen atoms in total. The summed E-state index contributed by atoms with van der Waals surface area (Å²) in [4.78, 5) is 8.42. The van der Waals surface area contributed by atoms with Crippen molar-refractivity contribution in [3.8, 4) is 5.88 Å². The van der Waals surface area contributed by atoms with Crippen LogP contribution in [0.3, 0.4) is 0 Å². The number of aromatic nitrogens is 2. The summed E-state index contributed by atoms with van der Waals surface area (Å²) in [6.07, 6.45) is 5.35. The highest BCUT2D eigenvalue weighted by Gasteiger charge is 2.13. The predicted molar refractivity (Wildman–Crippen MR) is 70.4 cm³/mol. The molecule has 6 heteroatoms. The molecule has 0 radical (unpaired) electrons. The van der Waals surface area contributed by atoms with E-state index in [-0.39, 0.29) is 0 Å². The standard InChI is InChI=1S/C11H17BrN4O/c1-17-10-9(12)7-15-11(16-10)14-6-4-8-3-2-5-13-8/h7-8,13H,2-6H2,1H3,(H,14,15,16). The second-order valence-corrected chi connectivity index (χ2v) is 4.91. The number of halogens is 1. The van der Waals surface area contributed by atoms with Gasteiger partial charge in [-0.15, -0.1) is 0 Å². The lowest BCUT2D eigenvalue weighted by molar-refractivity contribution is 0.394. The Morgan fingerprint density at radius 3 is 3.24 bits per heavy atom. The number of nitrogens with one attached hydrogen (secondary N) is 2. The zero-order valence-electron chi connectivity index (χ0n) is 9.87. The quantitative estimate of drug-likeness (QED) is 0.868. The first-order chi connectivity index (χ1) is 8.29. The zero-order valence-corrected chi connectivity index (χ0v) is 11.5. The van der Waals surface area contributed by atoms with Crippen LogP contribution in [0.5, 0.6) is 5.88 Å². The molecule has 0 bridgehead atoms. The molecule has 1 aromatic rings. The fraction of sp³-hybridized carbons (Fsp3) is 0.636. The largest absolute Gasteiger partial charge is 0.480 e. The third-order valence-corrected chi connectivity index (χ3v) is 3.39. The molecule has 0 spiro atoms. The Labute approximate surface area is 110 Å². The van der Waals surface area contributed by atoms with Crippen molar-refractivity contribution in [1.82, 2.24) is 15.3 Å². The molecule has 0 saturated carbocycles. The van der Waals surface area contributed by atoms with Crippen molar-refractivity contribution in [2.24, 2.45) is 0 Å². The Hall–Kier alpha value is -0.880. The molecule has 1 aliphatic heterocycles. The van der Waals surface area contributed by atoms with E-state index in [0.717, 1.165) is 24.0 Å². The highest BCUT2D eigenvalue weighted by atomic mass is 79.9. The number of rotatable bonds is 5. The van der Waals surface area contributed by atoms with E-state index >= 15 is 0 Å². The van der Waals surface area contributed by atoms with Crippen LogP contribution in [0.15, 0.2) is 10.7 Å². The summed E-state index contributed by atoms with van der Waals surface area (Å²) in [5.41, 5.74) is 0. The maximum absolute atomic E-state index is 5.12. The van der Waals surface area contributed by atoms with Crippen molar-refractivity contribution in [2.45, 2.75) is 25.3 Å². The number of hydrogen-bond donors (Lipinski definition) is 2. The van der Waals surface area contributed by atoms with Crippen LogP contribution in [0.4, 0.5) is 5.95 Å². The molecule has 2 rings (SSSR count). The van der Waals surface area contributed by atoms with E-state index in [1.807, 2.05) is 0 Å². The topological polar surface area (TPSA) is 59.1 Å². The molecule has 0 amide bonds. The molecular formula is C11H17BrN4O. The van der Waals surface area contributed by atoms with Crippen LogP contribution in [0.25, 0.3) is 0 Å². The Kier molecular flexibility index (Phi) is 4.56. The third kappa shape index (κ3) is 3.54. The SMILES string of the molecule is COc1nc(NCCC2CCCN2)ncc1Br. The van der Waals surface area contributed by atoms with E-state index in [1.54, 1.807) is 13.3 Å². The van der Waals surface area contributed by atoms with Gasteiger partial charge in [-0.3, -0.25) is 0 Å². The molecule has 2 heterocycles. The smallest absolute Gasteiger partial charge is 0.232 e. The molecule has 0 aliphatic carbocycles. The second-order valence-electron chi connectivity index (χ2n) is 4.06. The van der Waals surface area contributed by atoms with Gasteiger partial charge in [0.15, 0.2) is 0 Å². The van der Waals surface area contributed by atoms with Crippen LogP contribution >= 0.6 is 15.9 Å². The van der Waals surface area contributed by atoms with Crippen molar-refractivity contribution in [1.29, 1.82) is 0 Å². The van der Waals surface area contributed by atoms with E-state index in [1.165, 1.54) is 12.8 Å². The number of nitrogens with zero attached hydrogens (tertiary/aromatic N) is 2. The van der Waals surface area contributed by atoms with Gasteiger partial charge in [-0.25, -0.2) is 4.98 Å². The summed E-state index contributed by atoms with van der Waals surface area (Å²) < 4.78 is 5.88. The molecule has 1 fully saturated rings. The van der Waals surface area contributed by atoms with Crippen molar-refractivity contribution < 1.29 is 4.74 Å². The van der Waals surface area contributed by atoms with Crippen LogP contribution in [0.1, 0.15) is 19.3 Å². The van der Waals surface area contributed by atoms with Gasteiger partial charge in [0.25, 0.3) is 0 Å². The molecule has 1 unspecified atom stereocenters. The van der Waals surface area contributed by atoms with Crippen molar-refractivity contribution in [3.63, 3.8) is 0 Å². The second kappa shape index (κ2) is 6.16. The van der Waals surface area contributed by atoms with Crippen LogP contribution in [0.2, 0.25) is 0 Å². The highest BCUT2D eigenvalue weighted by Crippen LogP contribution is 2.21. The minimum atomic E-state index is 0.557. The number of ether oxygens (including phenoxy) is 1. The van der Waals surface area contributed by atoms with Gasteiger partial charge in [-0.05, 0) is 41.7 Å². The van der Waals surface area contributed by atoms with E-state index in [0.29, 0.717) is 17.9 Å². The number of anilines is 1. The van der Waals surface area contributed by atoms with Gasteiger partial charge in [0.2, 0.25) is 11.8 Å². The van der Waals surface area contributed by atoms with Crippen molar-refractivity contribution >= 4 is 21.9 Å². The molecule has 1 atom stereocenters. The molecule has 1 saturated heterocycles. The number of hydrogen-bond acceptors (Lipinski definition) is 5. The average Bonchev–Trinajstić information content (AvgIpc) is 2.84. The lowest BCUT2D eigenvalue weighted by Crippen LogP contribution is -2.24. The summed E-state index contributed by atoms with van der Waals surface area (Å²) in [6.45, 7) is 2.02. The minimum absolute atomic E-state index is 0.557. The fourth-order valence-corrected chi connectivity index (χ4v) is 2.29. The molecule has 1 aliphatic rings. The maximum atomic E-state index is 5.12. The van der Waals surface area contributed by atoms with E-state index in [2.05, 4.69) is 36.5 Å². The van der Waals surface area contributed by atoms with E-state index in [4.69, 9.17) is 4.74 Å². The highest BCUT2D eigenvalue weighted by molar-refractivity contribution is 9.10. The van der Waals surface area contributed by atoms with E-state index in [9.17, 15) is 0 Å². The lowest BCUT2D eigenvalue weighted by Gasteiger charge is -2.11. The fourth-order valence-electron chi connectivity index (χ4n) is 1.94. The number of methoxy groups -OCH3 is 1. The first kappa shape index (κ1) is 12.6. The van der Waals surface area contributed by atoms with Gasteiger partial charge < -0.3 is 15.4 Å². The summed E-state index contributed by atoms with van der Waals surface area (Å²) in [7, 11) is 1.60. The summed E-state index contributed by atoms with van der Waals surface area (Å²) in [5, 5.41) is 6.67. The first-order valence-corrected chi connectivity index (χ1v) is 6.62. The molecular weight excluding hydrogens is 284 g/mol. The van der Waals surface area contributed by atoms with Crippen LogP contribution < -0.4 is 15.4 Å². The van der Waals surface area contributed by atoms with Gasteiger partial charge in [-0.2, -0.15) is 4.98 Å². The molecule has 17 heavy (non-hydrogen) atoms. The maximum Gasteiger partial charge on any atom is 0.232 e. The summed E-state index contributed by atoms with van der Waals surface area (Å²) >= 11 is 3.32. The van der Waals surface area contributed by atoms with E-state index < -0.39 is 0 Å². The van der Waals surface area contributed by atoms with Crippen molar-refractivity contribution in [2.75, 3.05) is 25.5 Å². The first-order valence-electron chi connectivity index (χ1n) is 5.83. The van der Waals surface area contributed by atoms with Crippen LogP contribution in [-0.2, 0) is 0 Å². The molecule has 2 N–H and O–H groups in total. The Bertz CT molecular complexity index is 368. The van der Waals surface area contributed by atoms with Crippen LogP contribution in [-0.4, -0.2) is 36.2 Å².